The maximum atomic E-state index is 12.4. The third-order valence-electron chi connectivity index (χ3n) is 5.75. The summed E-state index contributed by atoms with van der Waals surface area (Å²) in [7, 11) is 0. The Bertz CT molecular complexity index is 576. The molecule has 0 unspecified atom stereocenters. The van der Waals surface area contributed by atoms with Gasteiger partial charge in [-0.05, 0) is 70.8 Å². The van der Waals surface area contributed by atoms with Crippen molar-refractivity contribution in [3.05, 3.63) is 11.6 Å². The second kappa shape index (κ2) is 8.30. The van der Waals surface area contributed by atoms with Crippen LogP contribution in [0.5, 0.6) is 0 Å². The molecule has 2 heterocycles. The Kier molecular flexibility index (Phi) is 6.10. The minimum Gasteiger partial charge on any atom is -0.352 e. The Hall–Kier alpha value is -1.43. The summed E-state index contributed by atoms with van der Waals surface area (Å²) < 4.78 is 2.02. The van der Waals surface area contributed by atoms with E-state index in [0.29, 0.717) is 18.5 Å². The molecule has 1 amide bonds. The highest BCUT2D eigenvalue weighted by atomic mass is 16.2. The van der Waals surface area contributed by atoms with E-state index in [2.05, 4.69) is 27.2 Å². The van der Waals surface area contributed by atoms with Crippen LogP contribution in [0.15, 0.2) is 0 Å². The highest BCUT2D eigenvalue weighted by Crippen LogP contribution is 2.23. The normalized spacial score (nSPS) is 28.0. The molecule has 0 aromatic carbocycles. The molecule has 6 nitrogen and oxygen atoms in total. The summed E-state index contributed by atoms with van der Waals surface area (Å²) in [6.45, 7) is 9.72. The zero-order valence-corrected chi connectivity index (χ0v) is 16.0. The van der Waals surface area contributed by atoms with Gasteiger partial charge in [0.05, 0.1) is 6.54 Å². The predicted octanol–water partition coefficient (Wildman–Crippen LogP) is 2.30. The van der Waals surface area contributed by atoms with Gasteiger partial charge in [0.2, 0.25) is 5.91 Å². The predicted molar refractivity (Wildman–Crippen MR) is 98.2 cm³/mol. The molecule has 25 heavy (non-hydrogen) atoms. The SMILES string of the molecule is Cc1nc(C)n(C[C@@H]2CCCN(CC(=O)NC3CCC(C)CC3)C2)n1. The van der Waals surface area contributed by atoms with Crippen molar-refractivity contribution in [2.75, 3.05) is 19.6 Å². The lowest BCUT2D eigenvalue weighted by Crippen LogP contribution is -2.46. The summed E-state index contributed by atoms with van der Waals surface area (Å²) >= 11 is 0. The minimum absolute atomic E-state index is 0.202. The van der Waals surface area contributed by atoms with E-state index in [1.54, 1.807) is 0 Å². The van der Waals surface area contributed by atoms with Crippen molar-refractivity contribution in [2.24, 2.45) is 11.8 Å². The van der Waals surface area contributed by atoms with Crippen LogP contribution in [0.25, 0.3) is 0 Å². The number of hydrogen-bond donors (Lipinski definition) is 1. The Labute approximate surface area is 151 Å². The average molecular weight is 348 g/mol. The number of nitrogens with zero attached hydrogens (tertiary/aromatic N) is 4. The summed E-state index contributed by atoms with van der Waals surface area (Å²) in [6.07, 6.45) is 7.13. The van der Waals surface area contributed by atoms with E-state index in [9.17, 15) is 4.79 Å². The first-order chi connectivity index (χ1) is 12.0. The zero-order valence-electron chi connectivity index (χ0n) is 16.0. The van der Waals surface area contributed by atoms with E-state index in [4.69, 9.17) is 0 Å². The molecular formula is C19H33N5O. The van der Waals surface area contributed by atoms with Crippen LogP contribution in [0.2, 0.25) is 0 Å². The summed E-state index contributed by atoms with van der Waals surface area (Å²) in [6, 6.07) is 0.394. The van der Waals surface area contributed by atoms with Crippen molar-refractivity contribution in [3.63, 3.8) is 0 Å². The number of likely N-dealkylation sites (tertiary alicyclic amines) is 1. The van der Waals surface area contributed by atoms with E-state index < -0.39 is 0 Å². The molecule has 1 N–H and O–H groups in total. The number of aryl methyl sites for hydroxylation is 2. The van der Waals surface area contributed by atoms with Crippen LogP contribution < -0.4 is 5.32 Å². The fourth-order valence-corrected chi connectivity index (χ4v) is 4.30. The summed E-state index contributed by atoms with van der Waals surface area (Å²) in [5.74, 6) is 3.40. The number of aromatic nitrogens is 3. The maximum Gasteiger partial charge on any atom is 0.234 e. The van der Waals surface area contributed by atoms with Crippen LogP contribution in [-0.4, -0.2) is 51.2 Å². The highest BCUT2D eigenvalue weighted by molar-refractivity contribution is 5.78. The maximum absolute atomic E-state index is 12.4. The van der Waals surface area contributed by atoms with Gasteiger partial charge in [-0.15, -0.1) is 0 Å². The molecule has 0 radical (unpaired) electrons. The van der Waals surface area contributed by atoms with Gasteiger partial charge in [0.15, 0.2) is 0 Å². The minimum atomic E-state index is 0.202. The first kappa shape index (κ1) is 18.4. The molecule has 1 aromatic heterocycles. The summed E-state index contributed by atoms with van der Waals surface area (Å²) in [4.78, 5) is 19.1. The molecule has 2 fully saturated rings. The largest absolute Gasteiger partial charge is 0.352 e. The van der Waals surface area contributed by atoms with Gasteiger partial charge < -0.3 is 5.32 Å². The van der Waals surface area contributed by atoms with Crippen LogP contribution >= 0.6 is 0 Å². The van der Waals surface area contributed by atoms with E-state index in [0.717, 1.165) is 56.5 Å². The molecule has 3 rings (SSSR count). The van der Waals surface area contributed by atoms with Crippen LogP contribution in [0.3, 0.4) is 0 Å². The molecule has 1 aromatic rings. The molecule has 6 heteroatoms. The summed E-state index contributed by atoms with van der Waals surface area (Å²) in [5.41, 5.74) is 0. The summed E-state index contributed by atoms with van der Waals surface area (Å²) in [5, 5.41) is 7.74. The molecule has 140 valence electrons. The van der Waals surface area contributed by atoms with Crippen LogP contribution in [0.1, 0.15) is 57.1 Å². The lowest BCUT2D eigenvalue weighted by molar-refractivity contribution is -0.123. The van der Waals surface area contributed by atoms with Gasteiger partial charge in [-0.3, -0.25) is 9.69 Å². The van der Waals surface area contributed by atoms with Crippen LogP contribution in [0, 0.1) is 25.7 Å². The van der Waals surface area contributed by atoms with E-state index in [-0.39, 0.29) is 5.91 Å². The van der Waals surface area contributed by atoms with Crippen molar-refractivity contribution < 1.29 is 4.79 Å². The van der Waals surface area contributed by atoms with Gasteiger partial charge in [-0.2, -0.15) is 5.10 Å². The Morgan fingerprint density at radius 2 is 1.96 bits per heavy atom. The number of piperidine rings is 1. The molecule has 1 aliphatic carbocycles. The van der Waals surface area contributed by atoms with Gasteiger partial charge in [-0.25, -0.2) is 9.67 Å². The van der Waals surface area contributed by atoms with Gasteiger partial charge in [0, 0.05) is 19.1 Å². The fourth-order valence-electron chi connectivity index (χ4n) is 4.30. The Morgan fingerprint density at radius 3 is 2.64 bits per heavy atom. The second-order valence-electron chi connectivity index (χ2n) is 8.16. The van der Waals surface area contributed by atoms with Crippen molar-refractivity contribution in [1.29, 1.82) is 0 Å². The highest BCUT2D eigenvalue weighted by Gasteiger charge is 2.24. The molecule has 1 saturated heterocycles. The van der Waals surface area contributed by atoms with Gasteiger partial charge in [0.25, 0.3) is 0 Å². The Morgan fingerprint density at radius 1 is 1.20 bits per heavy atom. The van der Waals surface area contributed by atoms with Gasteiger partial charge >= 0.3 is 0 Å². The van der Waals surface area contributed by atoms with Crippen molar-refractivity contribution >= 4 is 5.91 Å². The van der Waals surface area contributed by atoms with Gasteiger partial charge in [-0.1, -0.05) is 6.92 Å². The molecule has 1 saturated carbocycles. The Balaban J connectivity index is 1.44. The third kappa shape index (κ3) is 5.27. The number of rotatable bonds is 5. The topological polar surface area (TPSA) is 63.1 Å². The molecule has 2 aliphatic rings. The van der Waals surface area contributed by atoms with E-state index in [1.807, 2.05) is 18.5 Å². The lowest BCUT2D eigenvalue weighted by Gasteiger charge is -2.33. The monoisotopic (exact) mass is 347 g/mol. The standard InChI is InChI=1S/C19H33N5O/c1-14-6-8-18(9-7-14)21-19(25)13-23-10-4-5-17(11-23)12-24-16(3)20-15(2)22-24/h14,17-18H,4-13H2,1-3H3,(H,21,25)/t14?,17-,18?/m1/s1. The molecular weight excluding hydrogens is 314 g/mol. The smallest absolute Gasteiger partial charge is 0.234 e. The molecule has 1 atom stereocenters. The van der Waals surface area contributed by atoms with Crippen LogP contribution in [-0.2, 0) is 11.3 Å². The van der Waals surface area contributed by atoms with Crippen molar-refractivity contribution in [1.82, 2.24) is 25.0 Å². The number of carbonyl (C=O) groups is 1. The van der Waals surface area contributed by atoms with E-state index >= 15 is 0 Å². The first-order valence-electron chi connectivity index (χ1n) is 9.89. The van der Waals surface area contributed by atoms with Crippen LogP contribution in [0.4, 0.5) is 0 Å². The quantitative estimate of drug-likeness (QED) is 0.888. The van der Waals surface area contributed by atoms with E-state index in [1.165, 1.54) is 19.3 Å². The molecule has 0 bridgehead atoms. The van der Waals surface area contributed by atoms with Crippen molar-refractivity contribution in [2.45, 2.75) is 71.9 Å². The number of nitrogens with one attached hydrogen (secondary N) is 1. The fraction of sp³-hybridized carbons (Fsp3) is 0.842. The average Bonchev–Trinajstić information content (AvgIpc) is 2.87. The molecule has 1 aliphatic heterocycles. The number of hydrogen-bond acceptors (Lipinski definition) is 4. The number of carbonyl (C=O) groups excluding carboxylic acids is 1. The second-order valence-corrected chi connectivity index (χ2v) is 8.16. The van der Waals surface area contributed by atoms with Crippen molar-refractivity contribution in [3.8, 4) is 0 Å². The zero-order chi connectivity index (χ0) is 17.8. The third-order valence-corrected chi connectivity index (χ3v) is 5.75. The molecule has 0 spiro atoms. The number of amides is 1. The lowest BCUT2D eigenvalue weighted by atomic mass is 9.87. The first-order valence-corrected chi connectivity index (χ1v) is 9.89. The van der Waals surface area contributed by atoms with Gasteiger partial charge in [0.1, 0.15) is 11.6 Å².